The van der Waals surface area contributed by atoms with E-state index in [1.807, 2.05) is 24.3 Å². The fraction of sp³-hybridized carbons (Fsp3) is 0.138. The van der Waals surface area contributed by atoms with Crippen LogP contribution in [-0.2, 0) is 9.59 Å². The Labute approximate surface area is 200 Å². The molecule has 2 amide bonds. The van der Waals surface area contributed by atoms with Crippen molar-refractivity contribution in [2.24, 2.45) is 16.9 Å². The first-order valence-electron chi connectivity index (χ1n) is 11.6. The standard InChI is InChI=1S/C29H19FN2O3/c30-17-11-9-16(10-12-17)23-14-13-18(35-23)15-31-32-28(33)26-24-19-5-1-2-6-20(19)25(27(26)29(32)34)22-8-4-3-7-21(22)24/h1-15,24-27H/b31-15-/t24?,25?,26-,27+. The van der Waals surface area contributed by atoms with Crippen molar-refractivity contribution >= 4 is 18.0 Å². The Morgan fingerprint density at radius 1 is 0.714 bits per heavy atom. The Morgan fingerprint density at radius 2 is 1.23 bits per heavy atom. The van der Waals surface area contributed by atoms with Gasteiger partial charge in [-0.25, -0.2) is 4.39 Å². The molecule has 35 heavy (non-hydrogen) atoms. The second-order valence-electron chi connectivity index (χ2n) is 9.21. The van der Waals surface area contributed by atoms with E-state index < -0.39 is 11.8 Å². The van der Waals surface area contributed by atoms with Crippen molar-refractivity contribution in [2.75, 3.05) is 0 Å². The van der Waals surface area contributed by atoms with Gasteiger partial charge >= 0.3 is 0 Å². The predicted octanol–water partition coefficient (Wildman–Crippen LogP) is 5.31. The Bertz CT molecular complexity index is 1420. The number of hydrogen-bond acceptors (Lipinski definition) is 4. The van der Waals surface area contributed by atoms with Crippen LogP contribution in [-0.4, -0.2) is 23.0 Å². The van der Waals surface area contributed by atoms with Gasteiger partial charge in [-0.05, 0) is 58.7 Å². The molecule has 5 nitrogen and oxygen atoms in total. The third kappa shape index (κ3) is 2.83. The minimum Gasteiger partial charge on any atom is -0.455 e. The molecule has 170 valence electrons. The van der Waals surface area contributed by atoms with Crippen molar-refractivity contribution in [1.29, 1.82) is 0 Å². The molecular weight excluding hydrogens is 443 g/mol. The maximum atomic E-state index is 13.6. The normalized spacial score (nSPS) is 24.1. The lowest BCUT2D eigenvalue weighted by Gasteiger charge is -2.45. The lowest BCUT2D eigenvalue weighted by Crippen LogP contribution is -2.41. The van der Waals surface area contributed by atoms with Crippen LogP contribution in [0, 0.1) is 17.7 Å². The van der Waals surface area contributed by atoms with Crippen LogP contribution in [0.4, 0.5) is 4.39 Å². The largest absolute Gasteiger partial charge is 0.455 e. The number of halogens is 1. The highest BCUT2D eigenvalue weighted by Gasteiger charge is 2.61. The van der Waals surface area contributed by atoms with E-state index in [2.05, 4.69) is 29.4 Å². The molecule has 4 aromatic rings. The van der Waals surface area contributed by atoms with Crippen LogP contribution in [0.15, 0.2) is 94.4 Å². The molecule has 1 saturated heterocycles. The van der Waals surface area contributed by atoms with Gasteiger partial charge in [0.15, 0.2) is 0 Å². The molecule has 1 aromatic heterocycles. The summed E-state index contributed by atoms with van der Waals surface area (Å²) >= 11 is 0. The molecule has 1 aliphatic heterocycles. The van der Waals surface area contributed by atoms with Gasteiger partial charge in [-0.1, -0.05) is 48.5 Å². The molecule has 0 radical (unpaired) electrons. The fourth-order valence-corrected chi connectivity index (χ4v) is 6.08. The van der Waals surface area contributed by atoms with E-state index in [0.29, 0.717) is 11.5 Å². The van der Waals surface area contributed by atoms with Crippen LogP contribution in [0.5, 0.6) is 0 Å². The number of furan rings is 1. The second-order valence-corrected chi connectivity index (χ2v) is 9.21. The minimum absolute atomic E-state index is 0.164. The number of carbonyl (C=O) groups is 2. The molecule has 0 unspecified atom stereocenters. The van der Waals surface area contributed by atoms with E-state index in [1.165, 1.54) is 18.3 Å². The van der Waals surface area contributed by atoms with Crippen LogP contribution < -0.4 is 0 Å². The van der Waals surface area contributed by atoms with Crippen molar-refractivity contribution in [1.82, 2.24) is 5.01 Å². The Kier molecular flexibility index (Phi) is 4.21. The summed E-state index contributed by atoms with van der Waals surface area (Å²) in [6.07, 6.45) is 1.39. The molecule has 0 saturated carbocycles. The van der Waals surface area contributed by atoms with Gasteiger partial charge < -0.3 is 4.42 Å². The molecule has 4 aliphatic rings. The second kappa shape index (κ2) is 7.34. The maximum absolute atomic E-state index is 13.6. The summed E-state index contributed by atoms with van der Waals surface area (Å²) in [6, 6.07) is 25.7. The first-order valence-corrected chi connectivity index (χ1v) is 11.6. The summed E-state index contributed by atoms with van der Waals surface area (Å²) in [7, 11) is 0. The van der Waals surface area contributed by atoms with Gasteiger partial charge in [0, 0.05) is 17.4 Å². The molecule has 2 bridgehead atoms. The van der Waals surface area contributed by atoms with Crippen LogP contribution in [0.2, 0.25) is 0 Å². The molecule has 8 rings (SSSR count). The number of benzene rings is 3. The van der Waals surface area contributed by atoms with Gasteiger partial charge in [0.25, 0.3) is 11.8 Å². The third-order valence-electron chi connectivity index (χ3n) is 7.48. The lowest BCUT2D eigenvalue weighted by molar-refractivity contribution is -0.139. The molecular formula is C29H19FN2O3. The molecule has 3 aliphatic carbocycles. The van der Waals surface area contributed by atoms with E-state index >= 15 is 0 Å². The number of imide groups is 1. The van der Waals surface area contributed by atoms with Crippen LogP contribution in [0.3, 0.4) is 0 Å². The predicted molar refractivity (Wildman–Crippen MR) is 127 cm³/mol. The van der Waals surface area contributed by atoms with Crippen molar-refractivity contribution in [3.8, 4) is 11.3 Å². The van der Waals surface area contributed by atoms with Gasteiger partial charge in [-0.3, -0.25) is 9.59 Å². The highest BCUT2D eigenvalue weighted by atomic mass is 19.1. The Hall–Kier alpha value is -4.32. The Morgan fingerprint density at radius 3 is 1.74 bits per heavy atom. The lowest BCUT2D eigenvalue weighted by atomic mass is 9.55. The molecule has 3 aromatic carbocycles. The summed E-state index contributed by atoms with van der Waals surface area (Å²) < 4.78 is 19.0. The summed E-state index contributed by atoms with van der Waals surface area (Å²) in [6.45, 7) is 0. The molecule has 6 heteroatoms. The summed E-state index contributed by atoms with van der Waals surface area (Å²) in [5.41, 5.74) is 5.22. The summed E-state index contributed by atoms with van der Waals surface area (Å²) in [5, 5.41) is 5.30. The Balaban J connectivity index is 1.23. The highest BCUT2D eigenvalue weighted by Crippen LogP contribution is 2.60. The molecule has 2 heterocycles. The van der Waals surface area contributed by atoms with Crippen molar-refractivity contribution in [2.45, 2.75) is 11.8 Å². The first-order chi connectivity index (χ1) is 17.1. The van der Waals surface area contributed by atoms with Gasteiger partial charge in [-0.15, -0.1) is 0 Å². The number of nitrogens with zero attached hydrogens (tertiary/aromatic N) is 2. The topological polar surface area (TPSA) is 62.9 Å². The zero-order chi connectivity index (χ0) is 23.7. The van der Waals surface area contributed by atoms with E-state index in [9.17, 15) is 14.0 Å². The van der Waals surface area contributed by atoms with E-state index in [0.717, 1.165) is 32.8 Å². The average Bonchev–Trinajstić information content (AvgIpc) is 3.46. The van der Waals surface area contributed by atoms with Gasteiger partial charge in [0.2, 0.25) is 0 Å². The van der Waals surface area contributed by atoms with Crippen molar-refractivity contribution in [3.63, 3.8) is 0 Å². The van der Waals surface area contributed by atoms with E-state index in [4.69, 9.17) is 4.42 Å². The van der Waals surface area contributed by atoms with Crippen molar-refractivity contribution in [3.05, 3.63) is 119 Å². The fourth-order valence-electron chi connectivity index (χ4n) is 6.08. The first kappa shape index (κ1) is 20.1. The van der Waals surface area contributed by atoms with Crippen LogP contribution in [0.1, 0.15) is 39.8 Å². The zero-order valence-corrected chi connectivity index (χ0v) is 18.5. The number of amides is 2. The maximum Gasteiger partial charge on any atom is 0.254 e. The SMILES string of the molecule is O=C1[C@@H]2C3c4ccccc4C(c4ccccc43)[C@@H]2C(=O)N1/N=C\c1ccc(-c2ccc(F)cc2)o1. The quantitative estimate of drug-likeness (QED) is 0.306. The van der Waals surface area contributed by atoms with Gasteiger partial charge in [0.05, 0.1) is 18.1 Å². The number of rotatable bonds is 3. The van der Waals surface area contributed by atoms with Gasteiger partial charge in [-0.2, -0.15) is 10.1 Å². The number of hydrazone groups is 1. The number of carbonyl (C=O) groups excluding carboxylic acids is 2. The summed E-state index contributed by atoms with van der Waals surface area (Å²) in [5.74, 6) is -1.21. The van der Waals surface area contributed by atoms with Crippen LogP contribution >= 0.6 is 0 Å². The van der Waals surface area contributed by atoms with Crippen molar-refractivity contribution < 1.29 is 18.4 Å². The van der Waals surface area contributed by atoms with Crippen LogP contribution in [0.25, 0.3) is 11.3 Å². The molecule has 0 spiro atoms. The minimum atomic E-state index is -0.471. The van der Waals surface area contributed by atoms with Gasteiger partial charge in [0.1, 0.15) is 17.3 Å². The van der Waals surface area contributed by atoms with E-state index in [1.54, 1.807) is 24.3 Å². The molecule has 1 fully saturated rings. The monoisotopic (exact) mass is 462 g/mol. The van der Waals surface area contributed by atoms with E-state index in [-0.39, 0.29) is 29.5 Å². The smallest absolute Gasteiger partial charge is 0.254 e. The average molecular weight is 462 g/mol. The zero-order valence-electron chi connectivity index (χ0n) is 18.5. The molecule has 0 N–H and O–H groups in total. The highest BCUT2D eigenvalue weighted by molar-refractivity contribution is 6.08. The number of hydrogen-bond donors (Lipinski definition) is 0. The third-order valence-corrected chi connectivity index (χ3v) is 7.48. The summed E-state index contributed by atoms with van der Waals surface area (Å²) in [4.78, 5) is 27.1. The molecule has 2 atom stereocenters.